The van der Waals surface area contributed by atoms with Gasteiger partial charge in [-0.25, -0.2) is 0 Å². The molecule has 4 heteroatoms. The van der Waals surface area contributed by atoms with Crippen molar-refractivity contribution in [3.8, 4) is 0 Å². The second-order valence-corrected chi connectivity index (χ2v) is 5.99. The monoisotopic (exact) mass is 289 g/mol. The number of methoxy groups -OCH3 is 1. The average molecular weight is 289 g/mol. The summed E-state index contributed by atoms with van der Waals surface area (Å²) in [5.41, 5.74) is 0.967. The molecule has 1 spiro atoms. The molecule has 21 heavy (non-hydrogen) atoms. The lowest BCUT2D eigenvalue weighted by atomic mass is 9.88. The fourth-order valence-electron chi connectivity index (χ4n) is 3.46. The van der Waals surface area contributed by atoms with Crippen molar-refractivity contribution in [2.75, 3.05) is 26.8 Å². The Morgan fingerprint density at radius 1 is 1.24 bits per heavy atom. The molecule has 2 fully saturated rings. The van der Waals surface area contributed by atoms with Crippen molar-refractivity contribution in [1.82, 2.24) is 4.90 Å². The van der Waals surface area contributed by atoms with Crippen LogP contribution in [0.3, 0.4) is 0 Å². The lowest BCUT2D eigenvalue weighted by Crippen LogP contribution is -2.47. The second kappa shape index (κ2) is 6.16. The Hall–Kier alpha value is -1.39. The van der Waals surface area contributed by atoms with E-state index in [9.17, 15) is 4.79 Å². The Labute approximate surface area is 126 Å². The Balaban J connectivity index is 1.65. The van der Waals surface area contributed by atoms with Gasteiger partial charge in [-0.3, -0.25) is 4.79 Å². The standard InChI is InChI=1S/C17H23NO3/c1-20-15(14-6-3-2-4-7-14)16(19)18-11-9-17(10-12-18)8-5-13-21-17/h2-4,6-7,15H,5,8-13H2,1H3/t15-/m0/s1. The van der Waals surface area contributed by atoms with Gasteiger partial charge in [-0.2, -0.15) is 0 Å². The molecule has 2 aliphatic rings. The minimum Gasteiger partial charge on any atom is -0.375 e. The Kier molecular flexibility index (Phi) is 4.27. The van der Waals surface area contributed by atoms with E-state index in [1.807, 2.05) is 35.2 Å². The number of hydrogen-bond acceptors (Lipinski definition) is 3. The maximum Gasteiger partial charge on any atom is 0.256 e. The van der Waals surface area contributed by atoms with E-state index >= 15 is 0 Å². The van der Waals surface area contributed by atoms with Crippen LogP contribution in [0.15, 0.2) is 30.3 Å². The van der Waals surface area contributed by atoms with Crippen molar-refractivity contribution in [3.05, 3.63) is 35.9 Å². The molecule has 0 radical (unpaired) electrons. The highest BCUT2D eigenvalue weighted by Crippen LogP contribution is 2.36. The van der Waals surface area contributed by atoms with Gasteiger partial charge in [0.25, 0.3) is 5.91 Å². The first-order chi connectivity index (χ1) is 10.2. The molecule has 4 nitrogen and oxygen atoms in total. The highest BCUT2D eigenvalue weighted by Gasteiger charge is 2.40. The van der Waals surface area contributed by atoms with Gasteiger partial charge in [0.1, 0.15) is 0 Å². The maximum atomic E-state index is 12.7. The van der Waals surface area contributed by atoms with Crippen LogP contribution in [0.25, 0.3) is 0 Å². The van der Waals surface area contributed by atoms with Gasteiger partial charge in [0.2, 0.25) is 0 Å². The highest BCUT2D eigenvalue weighted by atomic mass is 16.5. The molecule has 0 aliphatic carbocycles. The van der Waals surface area contributed by atoms with Gasteiger partial charge in [-0.05, 0) is 31.2 Å². The Bertz CT molecular complexity index is 472. The van der Waals surface area contributed by atoms with Crippen LogP contribution in [0.4, 0.5) is 0 Å². The van der Waals surface area contributed by atoms with Crippen molar-refractivity contribution < 1.29 is 14.3 Å². The molecule has 0 bridgehead atoms. The number of likely N-dealkylation sites (tertiary alicyclic amines) is 1. The summed E-state index contributed by atoms with van der Waals surface area (Å²) in [6, 6.07) is 9.70. The number of hydrogen-bond donors (Lipinski definition) is 0. The average Bonchev–Trinajstić information content (AvgIpc) is 2.98. The fourth-order valence-corrected chi connectivity index (χ4v) is 3.46. The van der Waals surface area contributed by atoms with E-state index in [1.54, 1.807) is 7.11 Å². The van der Waals surface area contributed by atoms with E-state index in [2.05, 4.69) is 0 Å². The number of nitrogens with zero attached hydrogens (tertiary/aromatic N) is 1. The molecule has 2 saturated heterocycles. The Morgan fingerprint density at radius 3 is 2.52 bits per heavy atom. The number of amides is 1. The third-order valence-corrected chi connectivity index (χ3v) is 4.73. The third-order valence-electron chi connectivity index (χ3n) is 4.73. The van der Waals surface area contributed by atoms with Crippen LogP contribution in [0, 0.1) is 0 Å². The summed E-state index contributed by atoms with van der Waals surface area (Å²) in [5.74, 6) is 0.0662. The molecular weight excluding hydrogens is 266 g/mol. The van der Waals surface area contributed by atoms with Gasteiger partial charge in [0.05, 0.1) is 5.60 Å². The van der Waals surface area contributed by atoms with Crippen LogP contribution in [-0.2, 0) is 14.3 Å². The minimum absolute atomic E-state index is 0.0477. The van der Waals surface area contributed by atoms with Crippen molar-refractivity contribution in [3.63, 3.8) is 0 Å². The first kappa shape index (κ1) is 14.5. The lowest BCUT2D eigenvalue weighted by molar-refractivity contribution is -0.147. The summed E-state index contributed by atoms with van der Waals surface area (Å²) in [6.07, 6.45) is 3.69. The molecule has 0 aromatic heterocycles. The first-order valence-corrected chi connectivity index (χ1v) is 7.75. The molecule has 1 atom stereocenters. The molecule has 3 rings (SSSR count). The largest absolute Gasteiger partial charge is 0.375 e. The first-order valence-electron chi connectivity index (χ1n) is 7.75. The van der Waals surface area contributed by atoms with Crippen LogP contribution >= 0.6 is 0 Å². The van der Waals surface area contributed by atoms with Gasteiger partial charge in [-0.1, -0.05) is 30.3 Å². The number of rotatable bonds is 3. The van der Waals surface area contributed by atoms with Gasteiger partial charge >= 0.3 is 0 Å². The van der Waals surface area contributed by atoms with E-state index < -0.39 is 6.10 Å². The number of carbonyl (C=O) groups excluding carboxylic acids is 1. The van der Waals surface area contributed by atoms with Crippen molar-refractivity contribution in [1.29, 1.82) is 0 Å². The number of ether oxygens (including phenoxy) is 2. The maximum absolute atomic E-state index is 12.7. The highest BCUT2D eigenvalue weighted by molar-refractivity contribution is 5.82. The number of carbonyl (C=O) groups is 1. The normalized spacial score (nSPS) is 22.4. The van der Waals surface area contributed by atoms with Crippen molar-refractivity contribution in [2.24, 2.45) is 0 Å². The third kappa shape index (κ3) is 2.97. The van der Waals surface area contributed by atoms with Crippen LogP contribution in [0.5, 0.6) is 0 Å². The van der Waals surface area contributed by atoms with E-state index in [1.165, 1.54) is 0 Å². The van der Waals surface area contributed by atoms with Crippen LogP contribution < -0.4 is 0 Å². The van der Waals surface area contributed by atoms with Gasteiger partial charge in [-0.15, -0.1) is 0 Å². The molecule has 0 N–H and O–H groups in total. The van der Waals surface area contributed by atoms with E-state index in [-0.39, 0.29) is 11.5 Å². The van der Waals surface area contributed by atoms with Crippen LogP contribution in [-0.4, -0.2) is 43.2 Å². The van der Waals surface area contributed by atoms with E-state index in [4.69, 9.17) is 9.47 Å². The molecular formula is C17H23NO3. The molecule has 0 unspecified atom stereocenters. The molecule has 114 valence electrons. The zero-order valence-electron chi connectivity index (χ0n) is 12.6. The number of piperidine rings is 1. The predicted octanol–water partition coefficient (Wildman–Crippen LogP) is 2.55. The summed E-state index contributed by atoms with van der Waals surface area (Å²) in [5, 5.41) is 0. The van der Waals surface area contributed by atoms with Crippen molar-refractivity contribution >= 4 is 5.91 Å². The molecule has 1 aromatic rings. The molecule has 1 amide bonds. The molecule has 0 saturated carbocycles. The molecule has 2 heterocycles. The van der Waals surface area contributed by atoms with Gasteiger partial charge < -0.3 is 14.4 Å². The smallest absolute Gasteiger partial charge is 0.256 e. The topological polar surface area (TPSA) is 38.8 Å². The van der Waals surface area contributed by atoms with E-state index in [0.29, 0.717) is 0 Å². The fraction of sp³-hybridized carbons (Fsp3) is 0.588. The lowest BCUT2D eigenvalue weighted by Gasteiger charge is -2.39. The summed E-state index contributed by atoms with van der Waals surface area (Å²) in [6.45, 7) is 2.41. The van der Waals surface area contributed by atoms with Crippen LogP contribution in [0.2, 0.25) is 0 Å². The van der Waals surface area contributed by atoms with Gasteiger partial charge in [0.15, 0.2) is 6.10 Å². The van der Waals surface area contributed by atoms with E-state index in [0.717, 1.165) is 50.9 Å². The zero-order chi connectivity index (χ0) is 14.7. The molecule has 2 aliphatic heterocycles. The summed E-state index contributed by atoms with van der Waals surface area (Å²) < 4.78 is 11.4. The second-order valence-electron chi connectivity index (χ2n) is 5.99. The quantitative estimate of drug-likeness (QED) is 0.858. The molecule has 1 aromatic carbocycles. The SMILES string of the molecule is CO[C@H](C(=O)N1CCC2(CCCO2)CC1)c1ccccc1. The Morgan fingerprint density at radius 2 is 1.95 bits per heavy atom. The minimum atomic E-state index is -0.496. The van der Waals surface area contributed by atoms with Crippen LogP contribution in [0.1, 0.15) is 37.4 Å². The zero-order valence-corrected chi connectivity index (χ0v) is 12.6. The summed E-state index contributed by atoms with van der Waals surface area (Å²) in [4.78, 5) is 14.6. The van der Waals surface area contributed by atoms with Crippen molar-refractivity contribution in [2.45, 2.75) is 37.4 Å². The summed E-state index contributed by atoms with van der Waals surface area (Å²) >= 11 is 0. The van der Waals surface area contributed by atoms with Gasteiger partial charge in [0, 0.05) is 26.8 Å². The summed E-state index contributed by atoms with van der Waals surface area (Å²) in [7, 11) is 1.60. The number of benzene rings is 1. The predicted molar refractivity (Wildman–Crippen MR) is 79.9 cm³/mol.